The Morgan fingerprint density at radius 3 is 2.70 bits per heavy atom. The molecule has 2 aliphatic heterocycles. The molecular weight excluding hydrogens is 294 g/mol. The minimum absolute atomic E-state index is 0.0150. The lowest BCUT2D eigenvalue weighted by atomic mass is 9.91. The van der Waals surface area contributed by atoms with Crippen LogP contribution in [0.2, 0.25) is 0 Å². The fourth-order valence-corrected chi connectivity index (χ4v) is 3.34. The fourth-order valence-electron chi connectivity index (χ4n) is 3.34. The molecule has 0 aromatic carbocycles. The first-order valence-corrected chi connectivity index (χ1v) is 8.52. The number of ether oxygens (including phenoxy) is 1. The van der Waals surface area contributed by atoms with Crippen molar-refractivity contribution in [1.82, 2.24) is 10.1 Å². The molecule has 0 bridgehead atoms. The number of aromatic nitrogens is 1. The van der Waals surface area contributed by atoms with E-state index in [0.29, 0.717) is 11.9 Å². The molecule has 6 nitrogen and oxygen atoms in total. The molecule has 2 aliphatic rings. The molecule has 0 spiro atoms. The number of nitrogens with zero attached hydrogens (tertiary/aromatic N) is 2. The van der Waals surface area contributed by atoms with Crippen molar-refractivity contribution < 1.29 is 14.1 Å². The van der Waals surface area contributed by atoms with Crippen molar-refractivity contribution in [2.75, 3.05) is 25.1 Å². The van der Waals surface area contributed by atoms with Gasteiger partial charge >= 0.3 is 0 Å². The molecule has 2 saturated heterocycles. The molecule has 0 radical (unpaired) electrons. The molecule has 1 atom stereocenters. The van der Waals surface area contributed by atoms with Crippen LogP contribution in [0.25, 0.3) is 0 Å². The molecule has 3 rings (SSSR count). The molecule has 2 fully saturated rings. The van der Waals surface area contributed by atoms with Crippen LogP contribution in [-0.4, -0.2) is 47.8 Å². The quantitative estimate of drug-likeness (QED) is 0.922. The van der Waals surface area contributed by atoms with Crippen LogP contribution in [0.4, 0.5) is 5.88 Å². The van der Waals surface area contributed by atoms with Gasteiger partial charge in [0.1, 0.15) is 0 Å². The van der Waals surface area contributed by atoms with Crippen molar-refractivity contribution in [1.29, 1.82) is 0 Å². The average molecular weight is 321 g/mol. The van der Waals surface area contributed by atoms with Gasteiger partial charge in [0.25, 0.3) is 0 Å². The van der Waals surface area contributed by atoms with Gasteiger partial charge in [0.05, 0.1) is 11.7 Å². The van der Waals surface area contributed by atoms with Gasteiger partial charge in [0.15, 0.2) is 0 Å². The normalized spacial score (nSPS) is 23.5. The highest BCUT2D eigenvalue weighted by Gasteiger charge is 2.39. The van der Waals surface area contributed by atoms with Crippen molar-refractivity contribution in [3.63, 3.8) is 0 Å². The van der Waals surface area contributed by atoms with Crippen LogP contribution >= 0.6 is 0 Å². The van der Waals surface area contributed by atoms with Crippen LogP contribution in [0, 0.1) is 5.41 Å². The van der Waals surface area contributed by atoms with Gasteiger partial charge < -0.3 is 9.26 Å². The number of anilines is 1. The Morgan fingerprint density at radius 2 is 2.09 bits per heavy atom. The monoisotopic (exact) mass is 321 g/mol. The van der Waals surface area contributed by atoms with Crippen LogP contribution in [0.15, 0.2) is 10.6 Å². The molecule has 3 heterocycles. The summed E-state index contributed by atoms with van der Waals surface area (Å²) in [5, 5.41) is 6.92. The fraction of sp³-hybridized carbons (Fsp3) is 0.765. The molecule has 1 amide bonds. The second-order valence-electron chi connectivity index (χ2n) is 7.80. The van der Waals surface area contributed by atoms with E-state index in [-0.39, 0.29) is 17.4 Å². The van der Waals surface area contributed by atoms with E-state index >= 15 is 0 Å². The van der Waals surface area contributed by atoms with Gasteiger partial charge in [-0.2, -0.15) is 0 Å². The number of hydrogen-bond donors (Lipinski definition) is 1. The molecule has 23 heavy (non-hydrogen) atoms. The van der Waals surface area contributed by atoms with E-state index in [1.54, 1.807) is 0 Å². The van der Waals surface area contributed by atoms with E-state index in [4.69, 9.17) is 9.26 Å². The maximum Gasteiger partial charge on any atom is 0.244 e. The maximum absolute atomic E-state index is 12.5. The molecule has 0 unspecified atom stereocenters. The molecule has 6 heteroatoms. The lowest BCUT2D eigenvalue weighted by Crippen LogP contribution is -2.59. The standard InChI is InChI=1S/C17H27N3O3/c1-17(2,3)11-12-10-15(23-19-12)18-16(21)14-4-7-20(14)13-5-8-22-9-6-13/h10,13-14H,4-9,11H2,1-3H3,(H,18,21)/t14-/m0/s1. The number of carbonyl (C=O) groups excluding carboxylic acids is 1. The molecule has 128 valence electrons. The van der Waals surface area contributed by atoms with Crippen LogP contribution in [0.1, 0.15) is 45.7 Å². The summed E-state index contributed by atoms with van der Waals surface area (Å²) < 4.78 is 10.7. The number of likely N-dealkylation sites (tertiary alicyclic amines) is 1. The van der Waals surface area contributed by atoms with Crippen LogP contribution in [-0.2, 0) is 16.0 Å². The second kappa shape index (κ2) is 6.61. The Bertz CT molecular complexity index is 544. The van der Waals surface area contributed by atoms with Gasteiger partial charge in [-0.3, -0.25) is 15.0 Å². The molecule has 1 N–H and O–H groups in total. The Hall–Kier alpha value is -1.40. The SMILES string of the molecule is CC(C)(C)Cc1cc(NC(=O)[C@@H]2CCN2C2CCOCC2)on1. The average Bonchev–Trinajstić information content (AvgIpc) is 2.83. The summed E-state index contributed by atoms with van der Waals surface area (Å²) in [6, 6.07) is 2.26. The Morgan fingerprint density at radius 1 is 1.35 bits per heavy atom. The van der Waals surface area contributed by atoms with E-state index in [1.165, 1.54) is 0 Å². The summed E-state index contributed by atoms with van der Waals surface area (Å²) in [6.45, 7) is 9.05. The predicted octanol–water partition coefficient (Wildman–Crippen LogP) is 2.46. The second-order valence-corrected chi connectivity index (χ2v) is 7.80. The van der Waals surface area contributed by atoms with Gasteiger partial charge in [-0.15, -0.1) is 0 Å². The Balaban J connectivity index is 1.54. The molecule has 1 aromatic heterocycles. The lowest BCUT2D eigenvalue weighted by Gasteiger charge is -2.46. The van der Waals surface area contributed by atoms with Crippen molar-refractivity contribution in [2.45, 2.75) is 58.5 Å². The van der Waals surface area contributed by atoms with Gasteiger partial charge in [0.2, 0.25) is 11.8 Å². The minimum Gasteiger partial charge on any atom is -0.381 e. The summed E-state index contributed by atoms with van der Waals surface area (Å²) in [5.74, 6) is 0.467. The van der Waals surface area contributed by atoms with Crippen molar-refractivity contribution in [3.05, 3.63) is 11.8 Å². The third-order valence-corrected chi connectivity index (χ3v) is 4.54. The summed E-state index contributed by atoms with van der Waals surface area (Å²) in [4.78, 5) is 14.8. The number of carbonyl (C=O) groups is 1. The van der Waals surface area contributed by atoms with E-state index in [9.17, 15) is 4.79 Å². The van der Waals surface area contributed by atoms with Crippen LogP contribution in [0.5, 0.6) is 0 Å². The summed E-state index contributed by atoms with van der Waals surface area (Å²) in [6.07, 6.45) is 3.76. The molecule has 0 aliphatic carbocycles. The van der Waals surface area contributed by atoms with Gasteiger partial charge in [-0.25, -0.2) is 0 Å². The molecule has 0 saturated carbocycles. The third-order valence-electron chi connectivity index (χ3n) is 4.54. The third kappa shape index (κ3) is 4.12. The summed E-state index contributed by atoms with van der Waals surface area (Å²) in [5.41, 5.74) is 1.02. The van der Waals surface area contributed by atoms with Gasteiger partial charge in [-0.05, 0) is 31.1 Å². The number of rotatable bonds is 4. The summed E-state index contributed by atoms with van der Waals surface area (Å²) >= 11 is 0. The topological polar surface area (TPSA) is 67.6 Å². The number of amides is 1. The summed E-state index contributed by atoms with van der Waals surface area (Å²) in [7, 11) is 0. The molecular formula is C17H27N3O3. The van der Waals surface area contributed by atoms with E-state index in [2.05, 4.69) is 36.1 Å². The highest BCUT2D eigenvalue weighted by Crippen LogP contribution is 2.27. The zero-order valence-corrected chi connectivity index (χ0v) is 14.3. The number of hydrogen-bond acceptors (Lipinski definition) is 5. The lowest BCUT2D eigenvalue weighted by molar-refractivity contribution is -0.129. The highest BCUT2D eigenvalue weighted by molar-refractivity contribution is 5.94. The van der Waals surface area contributed by atoms with Gasteiger partial charge in [-0.1, -0.05) is 25.9 Å². The van der Waals surface area contributed by atoms with Crippen molar-refractivity contribution in [3.8, 4) is 0 Å². The highest BCUT2D eigenvalue weighted by atomic mass is 16.5. The first-order valence-electron chi connectivity index (χ1n) is 8.52. The first-order chi connectivity index (χ1) is 10.9. The van der Waals surface area contributed by atoms with E-state index < -0.39 is 0 Å². The largest absolute Gasteiger partial charge is 0.381 e. The van der Waals surface area contributed by atoms with Crippen molar-refractivity contribution >= 4 is 11.8 Å². The molecule has 1 aromatic rings. The van der Waals surface area contributed by atoms with Crippen molar-refractivity contribution in [2.24, 2.45) is 5.41 Å². The van der Waals surface area contributed by atoms with E-state index in [0.717, 1.165) is 51.1 Å². The van der Waals surface area contributed by atoms with Crippen LogP contribution in [0.3, 0.4) is 0 Å². The minimum atomic E-state index is -0.0470. The van der Waals surface area contributed by atoms with Gasteiger partial charge in [0, 0.05) is 31.9 Å². The first kappa shape index (κ1) is 16.5. The zero-order chi connectivity index (χ0) is 16.4. The predicted molar refractivity (Wildman–Crippen MR) is 87.2 cm³/mol. The maximum atomic E-state index is 12.5. The zero-order valence-electron chi connectivity index (χ0n) is 14.3. The van der Waals surface area contributed by atoms with E-state index in [1.807, 2.05) is 6.07 Å². The Kier molecular flexibility index (Phi) is 4.73. The Labute approximate surface area is 137 Å². The van der Waals surface area contributed by atoms with Crippen LogP contribution < -0.4 is 5.32 Å². The smallest absolute Gasteiger partial charge is 0.244 e. The number of nitrogens with one attached hydrogen (secondary N) is 1.